The van der Waals surface area contributed by atoms with Crippen LogP contribution in [0.15, 0.2) is 53.1 Å². The average molecular weight is 432 g/mol. The minimum atomic E-state index is -4.41. The van der Waals surface area contributed by atoms with Gasteiger partial charge in [-0.1, -0.05) is 29.4 Å². The maximum Gasteiger partial charge on any atom is 0.416 e. The van der Waals surface area contributed by atoms with E-state index in [1.54, 1.807) is 13.2 Å². The lowest BCUT2D eigenvalue weighted by atomic mass is 10.1. The van der Waals surface area contributed by atoms with E-state index in [0.717, 1.165) is 50.6 Å². The summed E-state index contributed by atoms with van der Waals surface area (Å²) in [6.07, 6.45) is -4.41. The average Bonchev–Trinajstić information content (AvgIpc) is 3.24. The standard InChI is InChI=1S/C22H23F3N4O2/c1-30-19-7-5-16(6-8-19)14-28-9-11-29(12-10-28)15-20-26-21(27-31-20)17-3-2-4-18(13-17)22(23,24)25/h2-8,13H,9-12,14-15H2,1H3. The number of benzene rings is 2. The first kappa shape index (κ1) is 21.3. The Morgan fingerprint density at radius 2 is 1.65 bits per heavy atom. The normalized spacial score (nSPS) is 15.9. The minimum absolute atomic E-state index is 0.166. The molecule has 0 radical (unpaired) electrons. The van der Waals surface area contributed by atoms with Crippen LogP contribution in [0.1, 0.15) is 17.0 Å². The van der Waals surface area contributed by atoms with Crippen molar-refractivity contribution < 1.29 is 22.4 Å². The Morgan fingerprint density at radius 1 is 0.968 bits per heavy atom. The van der Waals surface area contributed by atoms with Crippen molar-refractivity contribution in [1.29, 1.82) is 0 Å². The van der Waals surface area contributed by atoms with Crippen LogP contribution < -0.4 is 4.74 Å². The van der Waals surface area contributed by atoms with Gasteiger partial charge in [-0.05, 0) is 29.8 Å². The molecular formula is C22H23F3N4O2. The molecule has 0 saturated carbocycles. The van der Waals surface area contributed by atoms with Gasteiger partial charge in [0, 0.05) is 38.3 Å². The van der Waals surface area contributed by atoms with Crippen molar-refractivity contribution in [3.63, 3.8) is 0 Å². The summed E-state index contributed by atoms with van der Waals surface area (Å²) < 4.78 is 49.2. The number of hydrogen-bond acceptors (Lipinski definition) is 6. The van der Waals surface area contributed by atoms with Crippen LogP contribution in [0.3, 0.4) is 0 Å². The van der Waals surface area contributed by atoms with Crippen LogP contribution in [0.2, 0.25) is 0 Å². The van der Waals surface area contributed by atoms with Gasteiger partial charge in [-0.3, -0.25) is 9.80 Å². The molecule has 0 N–H and O–H groups in total. The number of alkyl halides is 3. The summed E-state index contributed by atoms with van der Waals surface area (Å²) in [5, 5.41) is 3.86. The van der Waals surface area contributed by atoms with Gasteiger partial charge < -0.3 is 9.26 Å². The summed E-state index contributed by atoms with van der Waals surface area (Å²) in [5.41, 5.74) is 0.787. The smallest absolute Gasteiger partial charge is 0.416 e. The third kappa shape index (κ3) is 5.42. The lowest BCUT2D eigenvalue weighted by Crippen LogP contribution is -2.45. The highest BCUT2D eigenvalue weighted by Crippen LogP contribution is 2.31. The highest BCUT2D eigenvalue weighted by atomic mass is 19.4. The molecule has 3 aromatic rings. The zero-order chi connectivity index (χ0) is 21.8. The molecule has 4 rings (SSSR count). The monoisotopic (exact) mass is 432 g/mol. The van der Waals surface area contributed by atoms with Crippen LogP contribution in [0.25, 0.3) is 11.4 Å². The second kappa shape index (κ2) is 9.07. The molecule has 0 unspecified atom stereocenters. The Bertz CT molecular complexity index is 996. The van der Waals surface area contributed by atoms with Crippen LogP contribution in [0.5, 0.6) is 5.75 Å². The zero-order valence-corrected chi connectivity index (χ0v) is 17.1. The maximum absolute atomic E-state index is 12.9. The molecule has 2 heterocycles. The van der Waals surface area contributed by atoms with Crippen molar-refractivity contribution in [1.82, 2.24) is 19.9 Å². The van der Waals surface area contributed by atoms with Gasteiger partial charge in [0.1, 0.15) is 5.75 Å². The van der Waals surface area contributed by atoms with Crippen LogP contribution >= 0.6 is 0 Å². The first-order valence-corrected chi connectivity index (χ1v) is 9.98. The van der Waals surface area contributed by atoms with Gasteiger partial charge in [0.15, 0.2) is 0 Å². The third-order valence-electron chi connectivity index (χ3n) is 5.31. The van der Waals surface area contributed by atoms with E-state index in [1.807, 2.05) is 12.1 Å². The van der Waals surface area contributed by atoms with E-state index < -0.39 is 11.7 Å². The van der Waals surface area contributed by atoms with E-state index in [1.165, 1.54) is 11.6 Å². The van der Waals surface area contributed by atoms with Crippen molar-refractivity contribution >= 4 is 0 Å². The summed E-state index contributed by atoms with van der Waals surface area (Å²) >= 11 is 0. The van der Waals surface area contributed by atoms with Crippen molar-refractivity contribution in [2.45, 2.75) is 19.3 Å². The molecule has 6 nitrogen and oxygen atoms in total. The Hall–Kier alpha value is -2.91. The van der Waals surface area contributed by atoms with Gasteiger partial charge in [0.25, 0.3) is 0 Å². The Labute approximate surface area is 178 Å². The van der Waals surface area contributed by atoms with Crippen LogP contribution in [0, 0.1) is 0 Å². The number of nitrogens with zero attached hydrogens (tertiary/aromatic N) is 4. The molecule has 2 aromatic carbocycles. The fourth-order valence-corrected chi connectivity index (χ4v) is 3.56. The Balaban J connectivity index is 1.31. The van der Waals surface area contributed by atoms with Crippen molar-refractivity contribution in [2.24, 2.45) is 0 Å². The quantitative estimate of drug-likeness (QED) is 0.585. The summed E-state index contributed by atoms with van der Waals surface area (Å²) in [4.78, 5) is 8.87. The fraction of sp³-hybridized carbons (Fsp3) is 0.364. The number of hydrogen-bond donors (Lipinski definition) is 0. The van der Waals surface area contributed by atoms with Crippen LogP contribution in [-0.4, -0.2) is 53.2 Å². The molecule has 0 spiro atoms. The van der Waals surface area contributed by atoms with E-state index in [9.17, 15) is 13.2 Å². The predicted octanol–water partition coefficient (Wildman–Crippen LogP) is 4.08. The largest absolute Gasteiger partial charge is 0.497 e. The van der Waals surface area contributed by atoms with E-state index in [0.29, 0.717) is 12.4 Å². The van der Waals surface area contributed by atoms with Gasteiger partial charge in [0.05, 0.1) is 19.2 Å². The number of aromatic nitrogens is 2. The number of rotatable bonds is 6. The molecular weight excluding hydrogens is 409 g/mol. The highest BCUT2D eigenvalue weighted by Gasteiger charge is 2.31. The topological polar surface area (TPSA) is 54.6 Å². The fourth-order valence-electron chi connectivity index (χ4n) is 3.56. The van der Waals surface area contributed by atoms with Gasteiger partial charge in [-0.2, -0.15) is 18.2 Å². The number of ether oxygens (including phenoxy) is 1. The molecule has 164 valence electrons. The Kier molecular flexibility index (Phi) is 6.24. The van der Waals surface area contributed by atoms with E-state index in [2.05, 4.69) is 32.1 Å². The first-order valence-electron chi connectivity index (χ1n) is 9.98. The molecule has 0 atom stereocenters. The Morgan fingerprint density at radius 3 is 2.29 bits per heavy atom. The van der Waals surface area contributed by atoms with Gasteiger partial charge in [0.2, 0.25) is 11.7 Å². The molecule has 0 bridgehead atoms. The van der Waals surface area contributed by atoms with Crippen LogP contribution in [0.4, 0.5) is 13.2 Å². The summed E-state index contributed by atoms with van der Waals surface area (Å²) in [5.74, 6) is 1.41. The summed E-state index contributed by atoms with van der Waals surface area (Å²) in [7, 11) is 1.65. The second-order valence-corrected chi connectivity index (χ2v) is 7.49. The van der Waals surface area contributed by atoms with Gasteiger partial charge >= 0.3 is 6.18 Å². The molecule has 9 heteroatoms. The molecule has 1 saturated heterocycles. The zero-order valence-electron chi connectivity index (χ0n) is 17.1. The molecule has 1 aliphatic rings. The van der Waals surface area contributed by atoms with Crippen molar-refractivity contribution in [3.8, 4) is 17.1 Å². The second-order valence-electron chi connectivity index (χ2n) is 7.49. The lowest BCUT2D eigenvalue weighted by molar-refractivity contribution is -0.137. The van der Waals surface area contributed by atoms with Gasteiger partial charge in [-0.25, -0.2) is 0 Å². The van der Waals surface area contributed by atoms with Gasteiger partial charge in [-0.15, -0.1) is 0 Å². The molecule has 0 amide bonds. The number of piperazine rings is 1. The molecule has 1 aliphatic heterocycles. The predicted molar refractivity (Wildman–Crippen MR) is 108 cm³/mol. The van der Waals surface area contributed by atoms with E-state index >= 15 is 0 Å². The summed E-state index contributed by atoms with van der Waals surface area (Å²) in [6.45, 7) is 4.84. The molecule has 0 aliphatic carbocycles. The SMILES string of the molecule is COc1ccc(CN2CCN(Cc3nc(-c4cccc(C(F)(F)F)c4)no3)CC2)cc1. The minimum Gasteiger partial charge on any atom is -0.497 e. The number of halogens is 3. The van der Waals surface area contributed by atoms with Crippen molar-refractivity contribution in [3.05, 3.63) is 65.5 Å². The molecule has 31 heavy (non-hydrogen) atoms. The van der Waals surface area contributed by atoms with Crippen molar-refractivity contribution in [2.75, 3.05) is 33.3 Å². The highest BCUT2D eigenvalue weighted by molar-refractivity contribution is 5.55. The number of methoxy groups -OCH3 is 1. The first-order chi connectivity index (χ1) is 14.9. The third-order valence-corrected chi connectivity index (χ3v) is 5.31. The maximum atomic E-state index is 12.9. The molecule has 1 fully saturated rings. The van der Waals surface area contributed by atoms with Crippen LogP contribution in [-0.2, 0) is 19.3 Å². The van der Waals surface area contributed by atoms with E-state index in [-0.39, 0.29) is 11.4 Å². The summed E-state index contributed by atoms with van der Waals surface area (Å²) in [6, 6.07) is 13.0. The molecule has 1 aromatic heterocycles. The van der Waals surface area contributed by atoms with E-state index in [4.69, 9.17) is 9.26 Å². The lowest BCUT2D eigenvalue weighted by Gasteiger charge is -2.33.